The molecule has 16 heavy (non-hydrogen) atoms. The number of rotatable bonds is 2. The molecule has 0 amide bonds. The van der Waals surface area contributed by atoms with Crippen LogP contribution in [-0.4, -0.2) is 9.55 Å². The largest absolute Gasteiger partial charge is 0.398 e. The second-order valence-electron chi connectivity index (χ2n) is 3.56. The summed E-state index contributed by atoms with van der Waals surface area (Å²) >= 11 is 0. The fraction of sp³-hybridized carbons (Fsp3) is 0.167. The lowest BCUT2D eigenvalue weighted by atomic mass is 10.1. The highest BCUT2D eigenvalue weighted by Gasteiger charge is 2.04. The summed E-state index contributed by atoms with van der Waals surface area (Å²) in [6.07, 6.45) is 3.96. The monoisotopic (exact) mass is 212 g/mol. The van der Waals surface area contributed by atoms with E-state index in [1.54, 1.807) is 6.20 Å². The van der Waals surface area contributed by atoms with Gasteiger partial charge in [-0.1, -0.05) is 0 Å². The van der Waals surface area contributed by atoms with E-state index in [-0.39, 0.29) is 0 Å². The lowest BCUT2D eigenvalue weighted by Gasteiger charge is -2.08. The fourth-order valence-corrected chi connectivity index (χ4v) is 1.63. The van der Waals surface area contributed by atoms with Crippen molar-refractivity contribution in [1.29, 1.82) is 5.26 Å². The molecule has 0 aliphatic heterocycles. The molecule has 4 heteroatoms. The molecule has 0 bridgehead atoms. The summed E-state index contributed by atoms with van der Waals surface area (Å²) in [5.41, 5.74) is 8.28. The van der Waals surface area contributed by atoms with Crippen LogP contribution in [0.15, 0.2) is 30.6 Å². The molecule has 2 rings (SSSR count). The summed E-state index contributed by atoms with van der Waals surface area (Å²) in [7, 11) is 0. The normalized spacial score (nSPS) is 10.0. The summed E-state index contributed by atoms with van der Waals surface area (Å²) in [5.74, 6) is 0.910. The number of anilines is 1. The number of aryl methyl sites for hydroxylation is 1. The van der Waals surface area contributed by atoms with E-state index in [9.17, 15) is 0 Å². The van der Waals surface area contributed by atoms with E-state index < -0.39 is 0 Å². The molecule has 0 aliphatic rings. The average molecular weight is 212 g/mol. The minimum absolute atomic E-state index is 0.327. The van der Waals surface area contributed by atoms with Crippen molar-refractivity contribution in [2.75, 3.05) is 5.73 Å². The van der Waals surface area contributed by atoms with Crippen LogP contribution in [0.1, 0.15) is 11.4 Å². The Labute approximate surface area is 94.0 Å². The Morgan fingerprint density at radius 2 is 2.31 bits per heavy atom. The molecule has 1 aromatic heterocycles. The van der Waals surface area contributed by atoms with Crippen LogP contribution in [0.3, 0.4) is 0 Å². The summed E-state index contributed by atoms with van der Waals surface area (Å²) in [5, 5.41) is 8.70. The average Bonchev–Trinajstić information content (AvgIpc) is 2.68. The second-order valence-corrected chi connectivity index (χ2v) is 3.56. The van der Waals surface area contributed by atoms with Gasteiger partial charge in [0.25, 0.3) is 0 Å². The highest BCUT2D eigenvalue weighted by atomic mass is 15.1. The Kier molecular flexibility index (Phi) is 2.61. The maximum atomic E-state index is 8.70. The first-order chi connectivity index (χ1) is 7.72. The number of hydrogen-bond acceptors (Lipinski definition) is 3. The molecule has 1 aromatic carbocycles. The van der Waals surface area contributed by atoms with Crippen LogP contribution in [-0.2, 0) is 6.42 Å². The lowest BCUT2D eigenvalue weighted by molar-refractivity contribution is 0.972. The molecule has 4 nitrogen and oxygen atoms in total. The van der Waals surface area contributed by atoms with Crippen molar-refractivity contribution in [3.8, 4) is 11.8 Å². The highest BCUT2D eigenvalue weighted by Crippen LogP contribution is 2.18. The number of hydrogen-bond donors (Lipinski definition) is 1. The summed E-state index contributed by atoms with van der Waals surface area (Å²) in [4.78, 5) is 4.16. The third-order valence-electron chi connectivity index (χ3n) is 2.50. The first-order valence-electron chi connectivity index (χ1n) is 4.98. The van der Waals surface area contributed by atoms with Gasteiger partial charge in [0.15, 0.2) is 0 Å². The number of nitrogen functional groups attached to an aromatic ring is 1. The molecule has 0 aliphatic carbocycles. The number of imidazole rings is 1. The van der Waals surface area contributed by atoms with Crippen LogP contribution in [0.5, 0.6) is 0 Å². The van der Waals surface area contributed by atoms with Crippen LogP contribution in [0, 0.1) is 18.3 Å². The molecule has 0 fully saturated rings. The predicted octanol–water partition coefficient (Wildman–Crippen LogP) is 1.83. The van der Waals surface area contributed by atoms with Crippen LogP contribution in [0.4, 0.5) is 5.69 Å². The Balaban J connectivity index is 2.48. The third kappa shape index (κ3) is 1.75. The van der Waals surface area contributed by atoms with Crippen LogP contribution < -0.4 is 5.73 Å². The maximum absolute atomic E-state index is 8.70. The minimum Gasteiger partial charge on any atom is -0.398 e. The van der Waals surface area contributed by atoms with Gasteiger partial charge in [-0.05, 0) is 30.7 Å². The molecular formula is C12H12N4. The van der Waals surface area contributed by atoms with Crippen LogP contribution >= 0.6 is 0 Å². The zero-order valence-corrected chi connectivity index (χ0v) is 9.01. The molecule has 0 saturated heterocycles. The van der Waals surface area contributed by atoms with Gasteiger partial charge in [0, 0.05) is 23.8 Å². The van der Waals surface area contributed by atoms with Gasteiger partial charge in [0.1, 0.15) is 5.82 Å². The summed E-state index contributed by atoms with van der Waals surface area (Å²) in [6.45, 7) is 1.93. The van der Waals surface area contributed by atoms with Crippen molar-refractivity contribution in [3.05, 3.63) is 42.0 Å². The van der Waals surface area contributed by atoms with E-state index in [1.807, 2.05) is 35.9 Å². The standard InChI is InChI=1S/C12H12N4/c1-9-15-6-7-16(9)11-2-3-12(14)10(8-11)4-5-13/h2-3,6-8H,4,14H2,1H3. The van der Waals surface area contributed by atoms with E-state index in [0.717, 1.165) is 17.1 Å². The molecule has 2 aromatic rings. The van der Waals surface area contributed by atoms with E-state index in [4.69, 9.17) is 11.0 Å². The molecule has 2 N–H and O–H groups in total. The second kappa shape index (κ2) is 4.07. The quantitative estimate of drug-likeness (QED) is 0.772. The highest BCUT2D eigenvalue weighted by molar-refractivity contribution is 5.53. The topological polar surface area (TPSA) is 67.6 Å². The van der Waals surface area contributed by atoms with Gasteiger partial charge in [-0.3, -0.25) is 0 Å². The molecule has 0 saturated carbocycles. The molecule has 1 heterocycles. The van der Waals surface area contributed by atoms with Crippen molar-refractivity contribution < 1.29 is 0 Å². The molecule has 0 spiro atoms. The molecule has 0 radical (unpaired) electrons. The first kappa shape index (κ1) is 10.2. The SMILES string of the molecule is Cc1nccn1-c1ccc(N)c(CC#N)c1. The molecule has 80 valence electrons. The van der Waals surface area contributed by atoms with Gasteiger partial charge in [0.2, 0.25) is 0 Å². The van der Waals surface area contributed by atoms with Gasteiger partial charge in [-0.2, -0.15) is 5.26 Å². The predicted molar refractivity (Wildman–Crippen MR) is 62.0 cm³/mol. The van der Waals surface area contributed by atoms with Gasteiger partial charge in [-0.25, -0.2) is 4.98 Å². The van der Waals surface area contributed by atoms with Gasteiger partial charge < -0.3 is 10.3 Å². The van der Waals surface area contributed by atoms with Crippen LogP contribution in [0.2, 0.25) is 0 Å². The molecule has 0 unspecified atom stereocenters. The Bertz CT molecular complexity index is 548. The van der Waals surface area contributed by atoms with Gasteiger partial charge in [-0.15, -0.1) is 0 Å². The molecular weight excluding hydrogens is 200 g/mol. The first-order valence-corrected chi connectivity index (χ1v) is 4.98. The smallest absolute Gasteiger partial charge is 0.110 e. The Hall–Kier alpha value is -2.28. The maximum Gasteiger partial charge on any atom is 0.110 e. The number of nitrogens with zero attached hydrogens (tertiary/aromatic N) is 3. The van der Waals surface area contributed by atoms with Crippen LogP contribution in [0.25, 0.3) is 5.69 Å². The van der Waals surface area contributed by atoms with Crippen molar-refractivity contribution in [3.63, 3.8) is 0 Å². The fourth-order valence-electron chi connectivity index (χ4n) is 1.63. The van der Waals surface area contributed by atoms with Gasteiger partial charge in [0.05, 0.1) is 12.5 Å². The van der Waals surface area contributed by atoms with Crippen molar-refractivity contribution >= 4 is 5.69 Å². The van der Waals surface area contributed by atoms with Crippen molar-refractivity contribution in [2.45, 2.75) is 13.3 Å². The summed E-state index contributed by atoms with van der Waals surface area (Å²) in [6, 6.07) is 7.77. The number of aromatic nitrogens is 2. The van der Waals surface area contributed by atoms with Crippen molar-refractivity contribution in [1.82, 2.24) is 9.55 Å². The Morgan fingerprint density at radius 1 is 1.50 bits per heavy atom. The number of benzene rings is 1. The van der Waals surface area contributed by atoms with Gasteiger partial charge >= 0.3 is 0 Å². The summed E-state index contributed by atoms with van der Waals surface area (Å²) < 4.78 is 1.96. The van der Waals surface area contributed by atoms with E-state index in [2.05, 4.69) is 11.1 Å². The minimum atomic E-state index is 0.327. The Morgan fingerprint density at radius 3 is 2.94 bits per heavy atom. The van der Waals surface area contributed by atoms with E-state index in [1.165, 1.54) is 0 Å². The van der Waals surface area contributed by atoms with Crippen molar-refractivity contribution in [2.24, 2.45) is 0 Å². The zero-order chi connectivity index (χ0) is 11.5. The van der Waals surface area contributed by atoms with E-state index >= 15 is 0 Å². The number of nitrogens with two attached hydrogens (primary N) is 1. The molecule has 0 atom stereocenters. The lowest BCUT2D eigenvalue weighted by Crippen LogP contribution is -1.99. The zero-order valence-electron chi connectivity index (χ0n) is 9.01. The third-order valence-corrected chi connectivity index (χ3v) is 2.50. The number of nitriles is 1. The van der Waals surface area contributed by atoms with E-state index in [0.29, 0.717) is 12.1 Å².